The van der Waals surface area contributed by atoms with Crippen molar-refractivity contribution in [3.05, 3.63) is 11.1 Å². The highest BCUT2D eigenvalue weighted by Gasteiger charge is 2.37. The average Bonchev–Trinajstić information content (AvgIpc) is 3.25. The van der Waals surface area contributed by atoms with Gasteiger partial charge in [-0.2, -0.15) is 0 Å². The summed E-state index contributed by atoms with van der Waals surface area (Å²) in [6.45, 7) is 0.444. The van der Waals surface area contributed by atoms with Gasteiger partial charge in [-0.05, 0) is 25.7 Å². The van der Waals surface area contributed by atoms with Gasteiger partial charge in [-0.15, -0.1) is 11.3 Å². The van der Waals surface area contributed by atoms with E-state index in [1.165, 1.54) is 25.7 Å². The van der Waals surface area contributed by atoms with Crippen molar-refractivity contribution in [2.75, 3.05) is 11.9 Å². The number of hydrogen-bond donors (Lipinski definition) is 2. The van der Waals surface area contributed by atoms with Crippen molar-refractivity contribution < 1.29 is 4.79 Å². The lowest BCUT2D eigenvalue weighted by Gasteiger charge is -2.29. The third kappa shape index (κ3) is 2.88. The van der Waals surface area contributed by atoms with Crippen molar-refractivity contribution in [3.8, 4) is 0 Å². The van der Waals surface area contributed by atoms with E-state index >= 15 is 0 Å². The summed E-state index contributed by atoms with van der Waals surface area (Å²) in [6, 6.07) is 0. The molecule has 0 atom stereocenters. The second kappa shape index (κ2) is 5.82. The van der Waals surface area contributed by atoms with Crippen LogP contribution in [-0.4, -0.2) is 17.4 Å². The molecule has 2 fully saturated rings. The van der Waals surface area contributed by atoms with E-state index < -0.39 is 0 Å². The highest BCUT2D eigenvalue weighted by molar-refractivity contribution is 7.13. The number of nitrogens with one attached hydrogen (secondary N) is 1. The number of thiazole rings is 1. The first kappa shape index (κ1) is 14.0. The second-order valence-electron chi connectivity index (χ2n) is 6.20. The number of aromatic nitrogens is 1. The molecule has 0 aliphatic heterocycles. The van der Waals surface area contributed by atoms with E-state index in [4.69, 9.17) is 5.73 Å². The van der Waals surface area contributed by atoms with Crippen LogP contribution in [0, 0.1) is 5.41 Å². The Morgan fingerprint density at radius 2 is 2.05 bits per heavy atom. The first-order chi connectivity index (χ1) is 9.73. The standard InChI is InChI=1S/C15H23N3OS/c16-10-15(7-3-1-2-4-8-15)13(19)18-14-17-12(9-20-14)11-5-6-11/h9,11H,1-8,10,16H2,(H,17,18,19). The molecule has 5 heteroatoms. The van der Waals surface area contributed by atoms with Crippen LogP contribution < -0.4 is 11.1 Å². The van der Waals surface area contributed by atoms with Gasteiger partial charge in [0.05, 0.1) is 11.1 Å². The van der Waals surface area contributed by atoms with Gasteiger partial charge in [-0.1, -0.05) is 25.7 Å². The largest absolute Gasteiger partial charge is 0.329 e. The molecular weight excluding hydrogens is 270 g/mol. The average molecular weight is 293 g/mol. The van der Waals surface area contributed by atoms with Crippen LogP contribution in [0.2, 0.25) is 0 Å². The number of rotatable bonds is 4. The minimum Gasteiger partial charge on any atom is -0.329 e. The number of anilines is 1. The summed E-state index contributed by atoms with van der Waals surface area (Å²) < 4.78 is 0. The molecule has 0 radical (unpaired) electrons. The molecular formula is C15H23N3OS. The molecule has 2 saturated carbocycles. The second-order valence-corrected chi connectivity index (χ2v) is 7.06. The lowest BCUT2D eigenvalue weighted by Crippen LogP contribution is -2.42. The lowest BCUT2D eigenvalue weighted by atomic mass is 9.79. The SMILES string of the molecule is NCC1(C(=O)Nc2nc(C3CC3)cs2)CCCCCC1. The number of hydrogen-bond acceptors (Lipinski definition) is 4. The summed E-state index contributed by atoms with van der Waals surface area (Å²) in [4.78, 5) is 17.2. The van der Waals surface area contributed by atoms with E-state index in [2.05, 4.69) is 15.7 Å². The molecule has 0 bridgehead atoms. The molecule has 1 heterocycles. The molecule has 4 nitrogen and oxygen atoms in total. The highest BCUT2D eigenvalue weighted by Crippen LogP contribution is 2.41. The van der Waals surface area contributed by atoms with E-state index in [1.54, 1.807) is 11.3 Å². The summed E-state index contributed by atoms with van der Waals surface area (Å²) in [6.07, 6.45) is 8.96. The van der Waals surface area contributed by atoms with Crippen LogP contribution in [0.15, 0.2) is 5.38 Å². The van der Waals surface area contributed by atoms with Crippen molar-refractivity contribution in [2.45, 2.75) is 57.3 Å². The summed E-state index contributed by atoms with van der Waals surface area (Å²) >= 11 is 1.54. The first-order valence-corrected chi connectivity index (χ1v) is 8.58. The maximum Gasteiger partial charge on any atom is 0.233 e. The molecule has 1 amide bonds. The van der Waals surface area contributed by atoms with Crippen LogP contribution in [-0.2, 0) is 4.79 Å². The van der Waals surface area contributed by atoms with Gasteiger partial charge in [-0.3, -0.25) is 4.79 Å². The molecule has 0 spiro atoms. The quantitative estimate of drug-likeness (QED) is 0.837. The van der Waals surface area contributed by atoms with E-state index in [1.807, 2.05) is 0 Å². The zero-order valence-electron chi connectivity index (χ0n) is 11.9. The number of amides is 1. The normalized spacial score (nSPS) is 22.2. The smallest absolute Gasteiger partial charge is 0.233 e. The molecule has 0 saturated heterocycles. The van der Waals surface area contributed by atoms with Crippen molar-refractivity contribution in [1.29, 1.82) is 0 Å². The van der Waals surface area contributed by atoms with Gasteiger partial charge in [0, 0.05) is 17.8 Å². The Balaban J connectivity index is 1.68. The third-order valence-corrected chi connectivity index (χ3v) is 5.45. The Morgan fingerprint density at radius 1 is 1.35 bits per heavy atom. The molecule has 0 aromatic carbocycles. The van der Waals surface area contributed by atoms with E-state index in [0.717, 1.165) is 36.5 Å². The van der Waals surface area contributed by atoms with E-state index in [9.17, 15) is 4.79 Å². The molecule has 3 rings (SSSR count). The van der Waals surface area contributed by atoms with Crippen LogP contribution >= 0.6 is 11.3 Å². The van der Waals surface area contributed by atoms with Crippen molar-refractivity contribution in [3.63, 3.8) is 0 Å². The molecule has 2 aliphatic carbocycles. The minimum absolute atomic E-state index is 0.0820. The van der Waals surface area contributed by atoms with Crippen LogP contribution in [0.1, 0.15) is 63.0 Å². The number of nitrogens with zero attached hydrogens (tertiary/aromatic N) is 1. The molecule has 0 unspecified atom stereocenters. The van der Waals surface area contributed by atoms with Gasteiger partial charge in [-0.25, -0.2) is 4.98 Å². The van der Waals surface area contributed by atoms with E-state index in [-0.39, 0.29) is 11.3 Å². The topological polar surface area (TPSA) is 68.0 Å². The monoisotopic (exact) mass is 293 g/mol. The number of carbonyl (C=O) groups excluding carboxylic acids is 1. The van der Waals surface area contributed by atoms with Crippen LogP contribution in [0.4, 0.5) is 5.13 Å². The van der Waals surface area contributed by atoms with Gasteiger partial charge < -0.3 is 11.1 Å². The van der Waals surface area contributed by atoms with Crippen molar-refractivity contribution in [1.82, 2.24) is 4.98 Å². The van der Waals surface area contributed by atoms with Gasteiger partial charge in [0.1, 0.15) is 0 Å². The fraction of sp³-hybridized carbons (Fsp3) is 0.733. The van der Waals surface area contributed by atoms with Gasteiger partial charge in [0.2, 0.25) is 5.91 Å². The van der Waals surface area contributed by atoms with Crippen molar-refractivity contribution >= 4 is 22.4 Å². The van der Waals surface area contributed by atoms with Crippen LogP contribution in [0.25, 0.3) is 0 Å². The van der Waals surface area contributed by atoms with Gasteiger partial charge in [0.15, 0.2) is 5.13 Å². The Bertz CT molecular complexity index is 473. The minimum atomic E-state index is -0.373. The third-order valence-electron chi connectivity index (χ3n) is 4.67. The maximum absolute atomic E-state index is 12.6. The summed E-state index contributed by atoms with van der Waals surface area (Å²) in [5.74, 6) is 0.719. The Hall–Kier alpha value is -0.940. The first-order valence-electron chi connectivity index (χ1n) is 7.70. The molecule has 2 aliphatic rings. The summed E-state index contributed by atoms with van der Waals surface area (Å²) in [5, 5.41) is 5.85. The zero-order chi connectivity index (χ0) is 14.0. The molecule has 20 heavy (non-hydrogen) atoms. The molecule has 110 valence electrons. The molecule has 1 aromatic rings. The zero-order valence-corrected chi connectivity index (χ0v) is 12.7. The summed E-state index contributed by atoms with van der Waals surface area (Å²) in [7, 11) is 0. The fourth-order valence-electron chi connectivity index (χ4n) is 3.07. The Labute approximate surface area is 124 Å². The van der Waals surface area contributed by atoms with Gasteiger partial charge >= 0.3 is 0 Å². The highest BCUT2D eigenvalue weighted by atomic mass is 32.1. The van der Waals surface area contributed by atoms with Crippen molar-refractivity contribution in [2.24, 2.45) is 11.1 Å². The predicted molar refractivity (Wildman–Crippen MR) is 81.9 cm³/mol. The van der Waals surface area contributed by atoms with E-state index in [0.29, 0.717) is 12.5 Å². The Kier molecular flexibility index (Phi) is 4.08. The Morgan fingerprint density at radius 3 is 2.65 bits per heavy atom. The number of nitrogens with two attached hydrogens (primary N) is 1. The van der Waals surface area contributed by atoms with Crippen LogP contribution in [0.3, 0.4) is 0 Å². The number of carbonyl (C=O) groups is 1. The van der Waals surface area contributed by atoms with Crippen LogP contribution in [0.5, 0.6) is 0 Å². The van der Waals surface area contributed by atoms with Gasteiger partial charge in [0.25, 0.3) is 0 Å². The molecule has 3 N–H and O–H groups in total. The summed E-state index contributed by atoms with van der Waals surface area (Å²) in [5.41, 5.74) is 6.72. The predicted octanol–water partition coefficient (Wildman–Crippen LogP) is 3.26. The molecule has 1 aromatic heterocycles. The fourth-order valence-corrected chi connectivity index (χ4v) is 3.86. The maximum atomic E-state index is 12.6. The lowest BCUT2D eigenvalue weighted by molar-refractivity contribution is -0.125.